The third kappa shape index (κ3) is 4.41. The number of aryl methyl sites for hydroxylation is 1. The van der Waals surface area contributed by atoms with Crippen LogP contribution in [-0.4, -0.2) is 24.3 Å². The molecule has 0 bridgehead atoms. The van der Waals surface area contributed by atoms with Crippen LogP contribution in [0.15, 0.2) is 42.5 Å². The fraction of sp³-hybridized carbons (Fsp3) is 0.348. The molecule has 2 aromatic rings. The molecule has 1 aliphatic carbocycles. The second-order valence-corrected chi connectivity index (χ2v) is 6.70. The van der Waals surface area contributed by atoms with Gasteiger partial charge < -0.3 is 9.84 Å². The number of hydrogen-bond donors (Lipinski definition) is 1. The van der Waals surface area contributed by atoms with Crippen LogP contribution in [0.4, 0.5) is 0 Å². The molecule has 3 nitrogen and oxygen atoms in total. The van der Waals surface area contributed by atoms with Crippen molar-refractivity contribution in [1.82, 2.24) is 0 Å². The van der Waals surface area contributed by atoms with Gasteiger partial charge >= 0.3 is 5.97 Å². The molecule has 0 unspecified atom stereocenters. The van der Waals surface area contributed by atoms with Gasteiger partial charge in [-0.05, 0) is 66.0 Å². The zero-order valence-corrected chi connectivity index (χ0v) is 15.3. The Labute approximate surface area is 155 Å². The molecule has 0 radical (unpaired) electrons. The largest absolute Gasteiger partial charge is 0.466 e. The van der Waals surface area contributed by atoms with Crippen LogP contribution in [0.1, 0.15) is 54.0 Å². The molecule has 0 atom stereocenters. The summed E-state index contributed by atoms with van der Waals surface area (Å²) in [5, 5.41) is 8.98. The van der Waals surface area contributed by atoms with Gasteiger partial charge in [0.05, 0.1) is 13.0 Å². The fourth-order valence-electron chi connectivity index (χ4n) is 3.52. The van der Waals surface area contributed by atoms with Crippen LogP contribution >= 0.6 is 0 Å². The van der Waals surface area contributed by atoms with Gasteiger partial charge in [-0.1, -0.05) is 48.5 Å². The van der Waals surface area contributed by atoms with E-state index in [0.29, 0.717) is 13.0 Å². The molecular formula is C23H26O3. The van der Waals surface area contributed by atoms with E-state index in [2.05, 4.69) is 42.5 Å². The first kappa shape index (κ1) is 18.4. The van der Waals surface area contributed by atoms with Crippen LogP contribution in [-0.2, 0) is 22.4 Å². The van der Waals surface area contributed by atoms with Crippen LogP contribution in [0.5, 0.6) is 0 Å². The van der Waals surface area contributed by atoms with Gasteiger partial charge in [-0.3, -0.25) is 4.79 Å². The maximum Gasteiger partial charge on any atom is 0.310 e. The van der Waals surface area contributed by atoms with Gasteiger partial charge in [0.2, 0.25) is 0 Å². The number of unbranched alkanes of at least 4 members (excludes halogenated alkanes) is 1. The minimum Gasteiger partial charge on any atom is -0.466 e. The zero-order chi connectivity index (χ0) is 18.4. The number of fused-ring (bicyclic) bond motifs is 2. The van der Waals surface area contributed by atoms with Gasteiger partial charge in [0.25, 0.3) is 0 Å². The predicted molar refractivity (Wildman–Crippen MR) is 105 cm³/mol. The lowest BCUT2D eigenvalue weighted by Crippen LogP contribution is -2.05. The monoisotopic (exact) mass is 350 g/mol. The summed E-state index contributed by atoms with van der Waals surface area (Å²) in [7, 11) is 0. The summed E-state index contributed by atoms with van der Waals surface area (Å²) in [5.41, 5.74) is 7.17. The van der Waals surface area contributed by atoms with Gasteiger partial charge in [0, 0.05) is 6.61 Å². The summed E-state index contributed by atoms with van der Waals surface area (Å²) in [6.07, 6.45) is 6.11. The molecule has 3 rings (SSSR count). The average Bonchev–Trinajstić information content (AvgIpc) is 2.78. The van der Waals surface area contributed by atoms with Gasteiger partial charge in [-0.25, -0.2) is 0 Å². The Morgan fingerprint density at radius 1 is 1.12 bits per heavy atom. The van der Waals surface area contributed by atoms with Crippen molar-refractivity contribution in [3.05, 3.63) is 70.3 Å². The average molecular weight is 350 g/mol. The lowest BCUT2D eigenvalue weighted by molar-refractivity contribution is -0.141. The Bertz CT molecular complexity index is 805. The normalized spacial score (nSPS) is 12.6. The van der Waals surface area contributed by atoms with Crippen LogP contribution in [0.3, 0.4) is 0 Å². The SMILES string of the molecule is CCOC(=O)CC1=Cc2ccc(CCCCO)cc2Cc2ccccc21. The number of aliphatic hydroxyl groups excluding tert-OH is 1. The first-order valence-corrected chi connectivity index (χ1v) is 9.38. The Balaban J connectivity index is 1.94. The molecule has 0 saturated heterocycles. The Hall–Kier alpha value is -2.39. The molecular weight excluding hydrogens is 324 g/mol. The van der Waals surface area contributed by atoms with Crippen molar-refractivity contribution < 1.29 is 14.6 Å². The van der Waals surface area contributed by atoms with Crippen molar-refractivity contribution in [2.24, 2.45) is 0 Å². The molecule has 1 N–H and O–H groups in total. The maximum atomic E-state index is 12.1. The van der Waals surface area contributed by atoms with Crippen LogP contribution in [0, 0.1) is 0 Å². The van der Waals surface area contributed by atoms with E-state index in [1.165, 1.54) is 22.3 Å². The summed E-state index contributed by atoms with van der Waals surface area (Å²) in [6.45, 7) is 2.49. The molecule has 136 valence electrons. The van der Waals surface area contributed by atoms with E-state index in [1.54, 1.807) is 0 Å². The number of hydrogen-bond acceptors (Lipinski definition) is 3. The van der Waals surface area contributed by atoms with Gasteiger partial charge in [0.1, 0.15) is 0 Å². The number of esters is 1. The lowest BCUT2D eigenvalue weighted by Gasteiger charge is -2.10. The van der Waals surface area contributed by atoms with Crippen molar-refractivity contribution in [3.63, 3.8) is 0 Å². The summed E-state index contributed by atoms with van der Waals surface area (Å²) in [4.78, 5) is 12.1. The third-order valence-corrected chi connectivity index (χ3v) is 4.80. The third-order valence-electron chi connectivity index (χ3n) is 4.80. The van der Waals surface area contributed by atoms with E-state index >= 15 is 0 Å². The smallest absolute Gasteiger partial charge is 0.310 e. The van der Waals surface area contributed by atoms with E-state index in [9.17, 15) is 4.79 Å². The van der Waals surface area contributed by atoms with Crippen LogP contribution in [0.2, 0.25) is 0 Å². The van der Waals surface area contributed by atoms with E-state index in [1.807, 2.05) is 13.0 Å². The highest BCUT2D eigenvalue weighted by Crippen LogP contribution is 2.32. The number of carbonyl (C=O) groups excluding carboxylic acids is 1. The molecule has 26 heavy (non-hydrogen) atoms. The fourth-order valence-corrected chi connectivity index (χ4v) is 3.52. The summed E-state index contributed by atoms with van der Waals surface area (Å²) >= 11 is 0. The van der Waals surface area contributed by atoms with E-state index < -0.39 is 0 Å². The van der Waals surface area contributed by atoms with Crippen molar-refractivity contribution >= 4 is 17.6 Å². The molecule has 0 amide bonds. The molecule has 0 aliphatic heterocycles. The van der Waals surface area contributed by atoms with Crippen molar-refractivity contribution in [3.8, 4) is 0 Å². The first-order chi connectivity index (χ1) is 12.7. The molecule has 0 saturated carbocycles. The molecule has 0 heterocycles. The molecule has 0 spiro atoms. The topological polar surface area (TPSA) is 46.5 Å². The molecule has 1 aliphatic rings. The molecule has 0 fully saturated rings. The highest BCUT2D eigenvalue weighted by Gasteiger charge is 2.18. The minimum atomic E-state index is -0.183. The summed E-state index contributed by atoms with van der Waals surface area (Å²) in [5.74, 6) is -0.183. The van der Waals surface area contributed by atoms with Gasteiger partial charge in [-0.15, -0.1) is 0 Å². The Morgan fingerprint density at radius 3 is 2.77 bits per heavy atom. The zero-order valence-electron chi connectivity index (χ0n) is 15.3. The Morgan fingerprint density at radius 2 is 1.96 bits per heavy atom. The molecule has 2 aromatic carbocycles. The standard InChI is InChI=1S/C23H26O3/c1-2-26-23(25)16-21-14-18-11-10-17(7-5-6-12-24)13-20(18)15-19-8-3-4-9-22(19)21/h3-4,8-11,13-14,24H,2,5-7,12,15-16H2,1H3. The quantitative estimate of drug-likeness (QED) is 0.595. The van der Waals surface area contributed by atoms with Crippen LogP contribution in [0.25, 0.3) is 11.6 Å². The van der Waals surface area contributed by atoms with Crippen molar-refractivity contribution in [2.45, 2.75) is 39.0 Å². The number of carbonyl (C=O) groups is 1. The highest BCUT2D eigenvalue weighted by molar-refractivity contribution is 5.94. The predicted octanol–water partition coefficient (Wildman–Crippen LogP) is 4.40. The number of aliphatic hydroxyl groups is 1. The molecule has 3 heteroatoms. The minimum absolute atomic E-state index is 0.183. The lowest BCUT2D eigenvalue weighted by atomic mass is 9.95. The van der Waals surface area contributed by atoms with Gasteiger partial charge in [0.15, 0.2) is 0 Å². The number of benzene rings is 2. The Kier molecular flexibility index (Phi) is 6.24. The summed E-state index contributed by atoms with van der Waals surface area (Å²) < 4.78 is 5.16. The first-order valence-electron chi connectivity index (χ1n) is 9.38. The highest BCUT2D eigenvalue weighted by atomic mass is 16.5. The van der Waals surface area contributed by atoms with Crippen LogP contribution < -0.4 is 0 Å². The van der Waals surface area contributed by atoms with E-state index in [0.717, 1.165) is 36.8 Å². The molecule has 0 aromatic heterocycles. The second kappa shape index (κ2) is 8.81. The number of rotatable bonds is 7. The van der Waals surface area contributed by atoms with E-state index in [4.69, 9.17) is 9.84 Å². The van der Waals surface area contributed by atoms with Gasteiger partial charge in [-0.2, -0.15) is 0 Å². The van der Waals surface area contributed by atoms with E-state index in [-0.39, 0.29) is 12.6 Å². The summed E-state index contributed by atoms with van der Waals surface area (Å²) in [6, 6.07) is 14.9. The number of ether oxygens (including phenoxy) is 1. The maximum absolute atomic E-state index is 12.1. The second-order valence-electron chi connectivity index (χ2n) is 6.70. The van der Waals surface area contributed by atoms with Crippen molar-refractivity contribution in [2.75, 3.05) is 13.2 Å². The van der Waals surface area contributed by atoms with Crippen molar-refractivity contribution in [1.29, 1.82) is 0 Å².